The maximum atomic E-state index is 12.6. The molecule has 0 aliphatic rings. The third-order valence-corrected chi connectivity index (χ3v) is 3.19. The lowest BCUT2D eigenvalue weighted by atomic mass is 10.0. The van der Waals surface area contributed by atoms with Gasteiger partial charge in [-0.1, -0.05) is 42.5 Å². The lowest BCUT2D eigenvalue weighted by molar-refractivity contribution is -0.137. The normalized spacial score (nSPS) is 13.3. The predicted octanol–water partition coefficient (Wildman–Crippen LogP) is 4.52. The summed E-state index contributed by atoms with van der Waals surface area (Å²) in [5.41, 5.74) is 0.720. The lowest BCUT2D eigenvalue weighted by Gasteiger charge is -2.14. The van der Waals surface area contributed by atoms with Gasteiger partial charge in [-0.15, -0.1) is 0 Å². The van der Waals surface area contributed by atoms with E-state index in [-0.39, 0.29) is 5.25 Å². The summed E-state index contributed by atoms with van der Waals surface area (Å²) in [4.78, 5) is 0. The van der Waals surface area contributed by atoms with Crippen molar-refractivity contribution in [2.45, 2.75) is 11.4 Å². The number of halogens is 3. The highest BCUT2D eigenvalue weighted by Gasteiger charge is 2.30. The first kappa shape index (κ1) is 13.0. The van der Waals surface area contributed by atoms with Crippen LogP contribution in [0.5, 0.6) is 0 Å². The molecule has 0 heterocycles. The van der Waals surface area contributed by atoms with Crippen LogP contribution in [0.15, 0.2) is 48.5 Å². The van der Waals surface area contributed by atoms with E-state index in [2.05, 4.69) is 18.7 Å². The predicted molar refractivity (Wildman–Crippen MR) is 67.6 cm³/mol. The molecular weight excluding hydrogens is 257 g/mol. The highest BCUT2D eigenvalue weighted by Crippen LogP contribution is 2.34. The van der Waals surface area contributed by atoms with Gasteiger partial charge in [0.05, 0.1) is 10.8 Å². The van der Waals surface area contributed by atoms with Crippen molar-refractivity contribution in [2.24, 2.45) is 0 Å². The second kappa shape index (κ2) is 5.06. The Hall–Kier alpha value is -1.42. The minimum Gasteiger partial charge on any atom is -0.166 e. The molecule has 93 valence electrons. The van der Waals surface area contributed by atoms with E-state index in [1.165, 1.54) is 6.07 Å². The summed E-state index contributed by atoms with van der Waals surface area (Å²) in [5.74, 6) is 0. The second-order valence-corrected chi connectivity index (χ2v) is 4.38. The third-order valence-electron chi connectivity index (χ3n) is 2.59. The molecule has 0 aromatic heterocycles. The fraction of sp³-hybridized carbons (Fsp3) is 0.143. The molecule has 0 fully saturated rings. The van der Waals surface area contributed by atoms with E-state index in [4.69, 9.17) is 0 Å². The van der Waals surface area contributed by atoms with Gasteiger partial charge in [-0.2, -0.15) is 25.8 Å². The summed E-state index contributed by atoms with van der Waals surface area (Å²) in [7, 11) is 0. The Morgan fingerprint density at radius 1 is 1.00 bits per heavy atom. The highest BCUT2D eigenvalue weighted by molar-refractivity contribution is 7.80. The fourth-order valence-electron chi connectivity index (χ4n) is 1.66. The van der Waals surface area contributed by atoms with Gasteiger partial charge in [0, 0.05) is 0 Å². The Bertz CT molecular complexity index is 520. The molecule has 0 N–H and O–H groups in total. The zero-order valence-corrected chi connectivity index (χ0v) is 10.2. The van der Waals surface area contributed by atoms with E-state index in [9.17, 15) is 13.2 Å². The van der Waals surface area contributed by atoms with Crippen LogP contribution in [0.25, 0.3) is 0 Å². The Morgan fingerprint density at radius 3 is 2.28 bits per heavy atom. The van der Waals surface area contributed by atoms with E-state index in [0.29, 0.717) is 5.56 Å². The van der Waals surface area contributed by atoms with Crippen molar-refractivity contribution in [1.29, 1.82) is 0 Å². The van der Waals surface area contributed by atoms with Crippen LogP contribution in [-0.2, 0) is 6.18 Å². The average molecular weight is 267 g/mol. The van der Waals surface area contributed by atoms with Crippen LogP contribution in [0.4, 0.5) is 13.2 Å². The number of thiol groups is 1. The van der Waals surface area contributed by atoms with Gasteiger partial charge in [-0.25, -0.2) is 0 Å². The fourth-order valence-corrected chi connectivity index (χ4v) is 1.99. The first-order chi connectivity index (χ1) is 8.48. The Labute approximate surface area is 109 Å². The van der Waals surface area contributed by atoms with Crippen molar-refractivity contribution in [3.8, 4) is 0 Å². The Balaban J connectivity index is 2.35. The van der Waals surface area contributed by atoms with E-state index in [1.807, 2.05) is 0 Å². The Morgan fingerprint density at radius 2 is 1.67 bits per heavy atom. The molecule has 1 radical (unpaired) electrons. The highest BCUT2D eigenvalue weighted by atomic mass is 32.1. The van der Waals surface area contributed by atoms with Crippen LogP contribution in [0, 0.1) is 6.07 Å². The van der Waals surface area contributed by atoms with Gasteiger partial charge in [-0.05, 0) is 23.3 Å². The molecule has 2 rings (SSSR count). The summed E-state index contributed by atoms with van der Waals surface area (Å²) in [6.07, 6.45) is -4.33. The number of hydrogen-bond acceptors (Lipinski definition) is 1. The van der Waals surface area contributed by atoms with E-state index in [1.54, 1.807) is 30.3 Å². The first-order valence-electron chi connectivity index (χ1n) is 5.30. The third kappa shape index (κ3) is 2.88. The number of rotatable bonds is 2. The molecule has 0 nitrogen and oxygen atoms in total. The van der Waals surface area contributed by atoms with Crippen molar-refractivity contribution < 1.29 is 13.2 Å². The molecule has 0 saturated heterocycles. The van der Waals surface area contributed by atoms with Crippen molar-refractivity contribution in [1.82, 2.24) is 0 Å². The summed E-state index contributed by atoms with van der Waals surface area (Å²) in [5, 5.41) is -0.373. The van der Waals surface area contributed by atoms with Crippen LogP contribution in [-0.4, -0.2) is 0 Å². The maximum absolute atomic E-state index is 12.6. The van der Waals surface area contributed by atoms with Crippen LogP contribution in [0.3, 0.4) is 0 Å². The summed E-state index contributed by atoms with van der Waals surface area (Å²) in [6, 6.07) is 15.1. The molecule has 0 spiro atoms. The molecule has 2 aromatic rings. The number of hydrogen-bond donors (Lipinski definition) is 1. The molecular formula is C14H10F3S. The van der Waals surface area contributed by atoms with Gasteiger partial charge in [0.2, 0.25) is 0 Å². The lowest BCUT2D eigenvalue weighted by Crippen LogP contribution is -2.06. The van der Waals surface area contributed by atoms with Gasteiger partial charge in [0.25, 0.3) is 0 Å². The average Bonchev–Trinajstić information content (AvgIpc) is 2.38. The smallest absolute Gasteiger partial charge is 0.166 e. The zero-order chi connectivity index (χ0) is 13.2. The molecule has 1 atom stereocenters. The molecule has 0 amide bonds. The van der Waals surface area contributed by atoms with Gasteiger partial charge in [0.1, 0.15) is 0 Å². The summed E-state index contributed by atoms with van der Waals surface area (Å²) < 4.78 is 37.8. The van der Waals surface area contributed by atoms with Gasteiger partial charge >= 0.3 is 6.18 Å². The van der Waals surface area contributed by atoms with E-state index in [0.717, 1.165) is 17.7 Å². The summed E-state index contributed by atoms with van der Waals surface area (Å²) in [6.45, 7) is 0. The van der Waals surface area contributed by atoms with E-state index < -0.39 is 11.7 Å². The molecule has 0 bridgehead atoms. The van der Waals surface area contributed by atoms with Crippen molar-refractivity contribution in [3.63, 3.8) is 0 Å². The van der Waals surface area contributed by atoms with Gasteiger partial charge < -0.3 is 0 Å². The molecule has 4 heteroatoms. The monoisotopic (exact) mass is 267 g/mol. The molecule has 2 aromatic carbocycles. The van der Waals surface area contributed by atoms with E-state index >= 15 is 0 Å². The molecule has 0 aliphatic carbocycles. The quantitative estimate of drug-likeness (QED) is 0.760. The second-order valence-electron chi connectivity index (χ2n) is 3.86. The SMILES string of the molecule is FC(F)(F)c1cccc(C(S)c2cc[c]cc2)c1. The largest absolute Gasteiger partial charge is 0.416 e. The Kier molecular flexibility index (Phi) is 3.66. The number of benzene rings is 2. The minimum atomic E-state index is -4.33. The molecule has 0 aliphatic heterocycles. The van der Waals surface area contributed by atoms with Crippen LogP contribution in [0.1, 0.15) is 21.9 Å². The number of alkyl halides is 3. The van der Waals surface area contributed by atoms with Crippen LogP contribution in [0.2, 0.25) is 0 Å². The van der Waals surface area contributed by atoms with Crippen molar-refractivity contribution in [2.75, 3.05) is 0 Å². The van der Waals surface area contributed by atoms with Crippen molar-refractivity contribution >= 4 is 12.6 Å². The molecule has 18 heavy (non-hydrogen) atoms. The van der Waals surface area contributed by atoms with Crippen LogP contribution < -0.4 is 0 Å². The summed E-state index contributed by atoms with van der Waals surface area (Å²) >= 11 is 4.37. The zero-order valence-electron chi connectivity index (χ0n) is 9.28. The molecule has 0 saturated carbocycles. The van der Waals surface area contributed by atoms with Gasteiger partial charge in [-0.3, -0.25) is 0 Å². The van der Waals surface area contributed by atoms with Gasteiger partial charge in [0.15, 0.2) is 0 Å². The van der Waals surface area contributed by atoms with Crippen molar-refractivity contribution in [3.05, 3.63) is 71.3 Å². The first-order valence-corrected chi connectivity index (χ1v) is 5.81. The topological polar surface area (TPSA) is 0 Å². The van der Waals surface area contributed by atoms with Crippen LogP contribution >= 0.6 is 12.6 Å². The maximum Gasteiger partial charge on any atom is 0.416 e. The minimum absolute atomic E-state index is 0.373. The standard InChI is InChI=1S/C14H10F3S/c15-14(16,17)12-8-4-7-11(9-12)13(18)10-5-2-1-3-6-10/h2-9,13,18H. The molecule has 1 unspecified atom stereocenters.